The maximum absolute atomic E-state index is 12.7. The third-order valence-corrected chi connectivity index (χ3v) is 6.50. The van der Waals surface area contributed by atoms with Crippen LogP contribution in [-0.2, 0) is 9.59 Å². The maximum atomic E-state index is 12.7. The molecule has 0 aromatic heterocycles. The summed E-state index contributed by atoms with van der Waals surface area (Å²) < 4.78 is 6.39. The number of halogens is 1. The Morgan fingerprint density at radius 3 is 2.77 bits per heavy atom. The van der Waals surface area contributed by atoms with Gasteiger partial charge in [0.25, 0.3) is 11.1 Å². The van der Waals surface area contributed by atoms with Gasteiger partial charge in [0.15, 0.2) is 0 Å². The van der Waals surface area contributed by atoms with Crippen LogP contribution in [0.2, 0.25) is 0 Å². The molecule has 0 aliphatic carbocycles. The van der Waals surface area contributed by atoms with Gasteiger partial charge in [-0.2, -0.15) is 0 Å². The minimum Gasteiger partial charge on any atom is -0.492 e. The highest BCUT2D eigenvalue weighted by Crippen LogP contribution is 2.34. The number of imide groups is 1. The molecule has 0 radical (unpaired) electrons. The van der Waals surface area contributed by atoms with Crippen molar-refractivity contribution in [1.82, 2.24) is 4.90 Å². The first kappa shape index (κ1) is 23.4. The van der Waals surface area contributed by atoms with Gasteiger partial charge in [0.05, 0.1) is 16.0 Å². The van der Waals surface area contributed by atoms with Crippen LogP contribution in [0.1, 0.15) is 18.9 Å². The van der Waals surface area contributed by atoms with Gasteiger partial charge in [0.1, 0.15) is 12.3 Å². The largest absolute Gasteiger partial charge is 0.492 e. The zero-order chi connectivity index (χ0) is 22.4. The molecule has 1 aliphatic heterocycles. The second-order valence-electron chi connectivity index (χ2n) is 6.59. The van der Waals surface area contributed by atoms with E-state index in [1.165, 1.54) is 0 Å². The SMILES string of the molecule is CCCOc1ccc(/C=C2\SC(=O)N(CC(=O)Nc3cccc(SC)c3)C2=O)cc1Br. The Morgan fingerprint density at radius 2 is 2.06 bits per heavy atom. The summed E-state index contributed by atoms with van der Waals surface area (Å²) in [6.07, 6.45) is 4.48. The fraction of sp³-hybridized carbons (Fsp3) is 0.227. The molecule has 6 nitrogen and oxygen atoms in total. The lowest BCUT2D eigenvalue weighted by Gasteiger charge is -2.12. The van der Waals surface area contributed by atoms with Crippen molar-refractivity contribution in [3.05, 3.63) is 57.4 Å². The fourth-order valence-electron chi connectivity index (χ4n) is 2.77. The molecular weight excluding hydrogens is 500 g/mol. The Kier molecular flexibility index (Phi) is 8.22. The van der Waals surface area contributed by atoms with Gasteiger partial charge in [0.2, 0.25) is 5.91 Å². The van der Waals surface area contributed by atoms with Crippen molar-refractivity contribution in [2.45, 2.75) is 18.2 Å². The molecule has 0 saturated carbocycles. The first-order valence-electron chi connectivity index (χ1n) is 9.53. The van der Waals surface area contributed by atoms with Gasteiger partial charge in [-0.1, -0.05) is 19.1 Å². The zero-order valence-corrected chi connectivity index (χ0v) is 20.2. The number of nitrogens with zero attached hydrogens (tertiary/aromatic N) is 1. The number of hydrogen-bond donors (Lipinski definition) is 1. The first-order chi connectivity index (χ1) is 14.9. The Balaban J connectivity index is 1.67. The van der Waals surface area contributed by atoms with E-state index in [9.17, 15) is 14.4 Å². The predicted molar refractivity (Wildman–Crippen MR) is 129 cm³/mol. The molecule has 3 amide bonds. The highest BCUT2D eigenvalue weighted by Gasteiger charge is 2.36. The highest BCUT2D eigenvalue weighted by molar-refractivity contribution is 9.10. The number of amides is 3. The van der Waals surface area contributed by atoms with E-state index < -0.39 is 17.1 Å². The van der Waals surface area contributed by atoms with Crippen molar-refractivity contribution in [1.29, 1.82) is 0 Å². The van der Waals surface area contributed by atoms with Crippen LogP contribution >= 0.6 is 39.5 Å². The van der Waals surface area contributed by atoms with Crippen LogP contribution in [-0.4, -0.2) is 41.4 Å². The normalized spacial score (nSPS) is 14.9. The molecule has 1 fully saturated rings. The summed E-state index contributed by atoms with van der Waals surface area (Å²) in [7, 11) is 0. The average molecular weight is 521 g/mol. The lowest BCUT2D eigenvalue weighted by Crippen LogP contribution is -2.36. The van der Waals surface area contributed by atoms with Crippen LogP contribution in [0.4, 0.5) is 10.5 Å². The van der Waals surface area contributed by atoms with Crippen molar-refractivity contribution in [3.8, 4) is 5.75 Å². The standard InChI is InChI=1S/C22H21BrN2O4S2/c1-3-9-29-18-8-7-14(10-17(18)23)11-19-21(27)25(22(28)31-19)13-20(26)24-15-5-4-6-16(12-15)30-2/h4-8,10-12H,3,9,13H2,1-2H3,(H,24,26)/b19-11-. The zero-order valence-electron chi connectivity index (χ0n) is 17.0. The molecule has 3 rings (SSSR count). The van der Waals surface area contributed by atoms with Crippen LogP contribution in [0, 0.1) is 0 Å². The van der Waals surface area contributed by atoms with Crippen molar-refractivity contribution in [2.75, 3.05) is 24.7 Å². The molecule has 1 heterocycles. The molecule has 0 unspecified atom stereocenters. The number of rotatable bonds is 8. The summed E-state index contributed by atoms with van der Waals surface area (Å²) in [6, 6.07) is 12.8. The van der Waals surface area contributed by atoms with Crippen LogP contribution in [0.15, 0.2) is 56.7 Å². The Labute approximate surface area is 197 Å². The molecular formula is C22H21BrN2O4S2. The minimum absolute atomic E-state index is 0.274. The summed E-state index contributed by atoms with van der Waals surface area (Å²) in [5.41, 5.74) is 1.37. The van der Waals surface area contributed by atoms with Gasteiger partial charge < -0.3 is 10.1 Å². The summed E-state index contributed by atoms with van der Waals surface area (Å²) in [6.45, 7) is 2.31. The van der Waals surface area contributed by atoms with E-state index in [1.54, 1.807) is 23.9 Å². The van der Waals surface area contributed by atoms with Crippen molar-refractivity contribution in [2.24, 2.45) is 0 Å². The van der Waals surface area contributed by atoms with Crippen molar-refractivity contribution < 1.29 is 19.1 Å². The Bertz CT molecular complexity index is 1040. The van der Waals surface area contributed by atoms with Crippen LogP contribution in [0.25, 0.3) is 6.08 Å². The number of thioether (sulfide) groups is 2. The molecule has 0 atom stereocenters. The van der Waals surface area contributed by atoms with Crippen LogP contribution in [0.5, 0.6) is 5.75 Å². The molecule has 1 saturated heterocycles. The average Bonchev–Trinajstić information content (AvgIpc) is 3.00. The lowest BCUT2D eigenvalue weighted by atomic mass is 10.2. The number of benzene rings is 2. The van der Waals surface area contributed by atoms with Crippen molar-refractivity contribution >= 4 is 68.3 Å². The number of carbonyl (C=O) groups is 3. The van der Waals surface area contributed by atoms with Crippen molar-refractivity contribution in [3.63, 3.8) is 0 Å². The number of hydrogen-bond acceptors (Lipinski definition) is 6. The molecule has 0 bridgehead atoms. The van der Waals surface area contributed by atoms with Gasteiger partial charge in [0, 0.05) is 10.6 Å². The van der Waals surface area contributed by atoms with Gasteiger partial charge in [-0.25, -0.2) is 0 Å². The number of nitrogens with one attached hydrogen (secondary N) is 1. The van der Waals surface area contributed by atoms with E-state index in [1.807, 2.05) is 49.6 Å². The highest BCUT2D eigenvalue weighted by atomic mass is 79.9. The number of ether oxygens (including phenoxy) is 1. The summed E-state index contributed by atoms with van der Waals surface area (Å²) >= 11 is 5.84. The quantitative estimate of drug-likeness (QED) is 0.358. The van der Waals surface area contributed by atoms with E-state index in [2.05, 4.69) is 21.2 Å². The smallest absolute Gasteiger partial charge is 0.294 e. The Hall–Kier alpha value is -2.23. The second kappa shape index (κ2) is 10.9. The van der Waals surface area contributed by atoms with E-state index in [0.29, 0.717) is 18.0 Å². The Morgan fingerprint density at radius 1 is 1.26 bits per heavy atom. The van der Waals surface area contributed by atoms with E-state index in [0.717, 1.165) is 38.0 Å². The van der Waals surface area contributed by atoms with E-state index in [-0.39, 0.29) is 11.4 Å². The van der Waals surface area contributed by atoms with Gasteiger partial charge in [-0.15, -0.1) is 11.8 Å². The topological polar surface area (TPSA) is 75.7 Å². The molecule has 1 aliphatic rings. The first-order valence-corrected chi connectivity index (χ1v) is 12.4. The molecule has 2 aromatic rings. The molecule has 0 spiro atoms. The molecule has 2 aromatic carbocycles. The summed E-state index contributed by atoms with van der Waals surface area (Å²) in [5.74, 6) is -0.193. The van der Waals surface area contributed by atoms with E-state index >= 15 is 0 Å². The molecule has 31 heavy (non-hydrogen) atoms. The number of carbonyl (C=O) groups excluding carboxylic acids is 3. The molecule has 162 valence electrons. The third kappa shape index (κ3) is 6.15. The summed E-state index contributed by atoms with van der Waals surface area (Å²) in [4.78, 5) is 39.6. The number of anilines is 1. The minimum atomic E-state index is -0.481. The second-order valence-corrected chi connectivity index (χ2v) is 9.31. The third-order valence-electron chi connectivity index (χ3n) is 4.24. The molecule has 1 N–H and O–H groups in total. The predicted octanol–water partition coefficient (Wildman–Crippen LogP) is 5.63. The van der Waals surface area contributed by atoms with Gasteiger partial charge in [-0.05, 0) is 82.3 Å². The van der Waals surface area contributed by atoms with Gasteiger partial charge >= 0.3 is 0 Å². The van der Waals surface area contributed by atoms with Gasteiger partial charge in [-0.3, -0.25) is 19.3 Å². The fourth-order valence-corrected chi connectivity index (χ4v) is 4.58. The lowest BCUT2D eigenvalue weighted by molar-refractivity contribution is -0.127. The monoisotopic (exact) mass is 520 g/mol. The van der Waals surface area contributed by atoms with Crippen LogP contribution < -0.4 is 10.1 Å². The van der Waals surface area contributed by atoms with E-state index in [4.69, 9.17) is 4.74 Å². The summed E-state index contributed by atoms with van der Waals surface area (Å²) in [5, 5.41) is 2.27. The van der Waals surface area contributed by atoms with Crippen LogP contribution in [0.3, 0.4) is 0 Å². The molecule has 9 heteroatoms. The maximum Gasteiger partial charge on any atom is 0.294 e.